The first-order valence-corrected chi connectivity index (χ1v) is 12.2. The highest BCUT2D eigenvalue weighted by Gasteiger charge is 2.45. The molecule has 0 spiro atoms. The molecule has 0 saturated heterocycles. The number of amides is 1. The lowest BCUT2D eigenvalue weighted by Crippen LogP contribution is -2.36. The summed E-state index contributed by atoms with van der Waals surface area (Å²) in [4.78, 5) is 23.8. The van der Waals surface area contributed by atoms with Crippen LogP contribution in [0.15, 0.2) is 23.8 Å². The Balaban J connectivity index is 0.000000195. The molecule has 1 saturated carbocycles. The van der Waals surface area contributed by atoms with Gasteiger partial charge in [0.05, 0.1) is 7.11 Å². The molecular formula is C26H37N3O5. The topological polar surface area (TPSA) is 117 Å². The van der Waals surface area contributed by atoms with Crippen molar-refractivity contribution in [2.24, 2.45) is 16.9 Å². The summed E-state index contributed by atoms with van der Waals surface area (Å²) in [5, 5.41) is 0. The Kier molecular flexibility index (Phi) is 7.48. The van der Waals surface area contributed by atoms with Crippen LogP contribution in [-0.2, 0) is 20.9 Å². The lowest BCUT2D eigenvalue weighted by molar-refractivity contribution is -0.132. The highest BCUT2D eigenvalue weighted by Crippen LogP contribution is 2.53. The second kappa shape index (κ2) is 10.4. The summed E-state index contributed by atoms with van der Waals surface area (Å²) in [7, 11) is 3.78. The maximum absolute atomic E-state index is 10.8. The van der Waals surface area contributed by atoms with Gasteiger partial charge in [0.1, 0.15) is 12.2 Å². The minimum absolute atomic E-state index is 0.0153. The van der Waals surface area contributed by atoms with Gasteiger partial charge in [-0.2, -0.15) is 0 Å². The molecule has 3 atom stereocenters. The molecule has 1 fully saturated rings. The van der Waals surface area contributed by atoms with Crippen LogP contribution in [0.4, 0.5) is 0 Å². The smallest absolute Gasteiger partial charge is 0.293 e. The molecule has 1 amide bonds. The van der Waals surface area contributed by atoms with Crippen LogP contribution < -0.4 is 20.9 Å². The third-order valence-electron chi connectivity index (χ3n) is 7.71. The van der Waals surface area contributed by atoms with Crippen molar-refractivity contribution >= 4 is 12.4 Å². The van der Waals surface area contributed by atoms with Gasteiger partial charge in [-0.05, 0) is 55.1 Å². The SMILES string of the molecule is COc1ccc2c3c1OC1CC(OC=O)C=C(CN(C)C2)C31.NCC1(CC(N)=O)CCCCC1. The van der Waals surface area contributed by atoms with E-state index in [9.17, 15) is 9.59 Å². The van der Waals surface area contributed by atoms with Crippen molar-refractivity contribution < 1.29 is 23.8 Å². The normalized spacial score (nSPS) is 26.6. The Morgan fingerprint density at radius 1 is 1.26 bits per heavy atom. The lowest BCUT2D eigenvalue weighted by atomic mass is 9.72. The molecule has 0 radical (unpaired) electrons. The highest BCUT2D eigenvalue weighted by atomic mass is 16.5. The van der Waals surface area contributed by atoms with Crippen LogP contribution in [0.25, 0.3) is 0 Å². The molecule has 2 heterocycles. The quantitative estimate of drug-likeness (QED) is 0.484. The number of ether oxygens (including phenoxy) is 3. The first-order chi connectivity index (χ1) is 16.4. The van der Waals surface area contributed by atoms with E-state index < -0.39 is 0 Å². The van der Waals surface area contributed by atoms with Crippen LogP contribution in [0.2, 0.25) is 0 Å². The Hall–Kier alpha value is -2.58. The Labute approximate surface area is 201 Å². The maximum atomic E-state index is 10.8. The second-order valence-corrected chi connectivity index (χ2v) is 10.1. The van der Waals surface area contributed by atoms with Gasteiger partial charge in [0.2, 0.25) is 5.91 Å². The molecule has 8 nitrogen and oxygen atoms in total. The largest absolute Gasteiger partial charge is 0.493 e. The average Bonchev–Trinajstić information content (AvgIpc) is 3.13. The Bertz CT molecular complexity index is 941. The van der Waals surface area contributed by atoms with E-state index >= 15 is 0 Å². The van der Waals surface area contributed by atoms with Gasteiger partial charge < -0.3 is 25.7 Å². The number of nitrogens with zero attached hydrogens (tertiary/aromatic N) is 1. The van der Waals surface area contributed by atoms with Crippen LogP contribution in [0.1, 0.15) is 62.0 Å². The summed E-state index contributed by atoms with van der Waals surface area (Å²) in [6, 6.07) is 4.12. The summed E-state index contributed by atoms with van der Waals surface area (Å²) in [6.07, 6.45) is 8.90. The maximum Gasteiger partial charge on any atom is 0.293 e. The third-order valence-corrected chi connectivity index (χ3v) is 7.71. The van der Waals surface area contributed by atoms with Crippen molar-refractivity contribution in [3.8, 4) is 11.5 Å². The molecule has 0 bridgehead atoms. The van der Waals surface area contributed by atoms with Crippen molar-refractivity contribution in [1.82, 2.24) is 4.90 Å². The van der Waals surface area contributed by atoms with Crippen LogP contribution >= 0.6 is 0 Å². The van der Waals surface area contributed by atoms with E-state index in [2.05, 4.69) is 24.1 Å². The highest BCUT2D eigenvalue weighted by molar-refractivity contribution is 5.74. The number of benzene rings is 1. The van der Waals surface area contributed by atoms with Crippen molar-refractivity contribution in [2.45, 2.75) is 69.6 Å². The first kappa shape index (κ1) is 24.5. The molecule has 5 rings (SSSR count). The number of likely N-dealkylation sites (N-methyl/N-ethyl adjacent to an activating group) is 1. The lowest BCUT2D eigenvalue weighted by Gasteiger charge is -2.35. The number of hydrogen-bond donors (Lipinski definition) is 2. The average molecular weight is 472 g/mol. The Morgan fingerprint density at radius 3 is 2.68 bits per heavy atom. The molecule has 2 aliphatic carbocycles. The molecule has 3 unspecified atom stereocenters. The van der Waals surface area contributed by atoms with E-state index in [-0.39, 0.29) is 29.4 Å². The number of rotatable bonds is 6. The monoisotopic (exact) mass is 471 g/mol. The molecule has 34 heavy (non-hydrogen) atoms. The Morgan fingerprint density at radius 2 is 2.03 bits per heavy atom. The van der Waals surface area contributed by atoms with Gasteiger partial charge in [0, 0.05) is 37.4 Å². The summed E-state index contributed by atoms with van der Waals surface area (Å²) >= 11 is 0. The summed E-state index contributed by atoms with van der Waals surface area (Å²) in [6.45, 7) is 2.88. The van der Waals surface area contributed by atoms with Crippen molar-refractivity contribution in [3.05, 3.63) is 34.9 Å². The van der Waals surface area contributed by atoms with Gasteiger partial charge in [-0.25, -0.2) is 0 Å². The predicted molar refractivity (Wildman–Crippen MR) is 129 cm³/mol. The number of nitrogens with two attached hydrogens (primary N) is 2. The van der Waals surface area contributed by atoms with Crippen LogP contribution in [0.3, 0.4) is 0 Å². The van der Waals surface area contributed by atoms with Gasteiger partial charge in [0.15, 0.2) is 11.5 Å². The van der Waals surface area contributed by atoms with E-state index in [1.54, 1.807) is 7.11 Å². The fraction of sp³-hybridized carbons (Fsp3) is 0.615. The minimum Gasteiger partial charge on any atom is -0.493 e. The zero-order chi connectivity index (χ0) is 24.3. The molecule has 4 N–H and O–H groups in total. The zero-order valence-electron chi connectivity index (χ0n) is 20.3. The zero-order valence-corrected chi connectivity index (χ0v) is 20.3. The number of methoxy groups -OCH3 is 1. The molecule has 8 heteroatoms. The molecule has 186 valence electrons. The van der Waals surface area contributed by atoms with Crippen LogP contribution in [0, 0.1) is 5.41 Å². The minimum atomic E-state index is -0.206. The number of primary amides is 1. The number of carbonyl (C=O) groups excluding carboxylic acids is 2. The fourth-order valence-electron chi connectivity index (χ4n) is 6.13. The first-order valence-electron chi connectivity index (χ1n) is 12.2. The van der Waals surface area contributed by atoms with E-state index in [1.807, 2.05) is 6.07 Å². The standard InChI is InChI=1S/C17H19NO4.C9H18N2O/c1-18-7-10-3-4-13(20-2)17-16(10)15-11(8-18)5-12(21-9-19)6-14(15)22-17;10-7-9(6-8(11)12)4-2-1-3-5-9/h3-5,9,12,14-15H,6-8H2,1-2H3;1-7,10H2,(H2,11,12). The van der Waals surface area contributed by atoms with E-state index in [1.165, 1.54) is 36.0 Å². The van der Waals surface area contributed by atoms with Crippen molar-refractivity contribution in [3.63, 3.8) is 0 Å². The number of hydrogen-bond acceptors (Lipinski definition) is 7. The summed E-state index contributed by atoms with van der Waals surface area (Å²) < 4.78 is 16.9. The molecular weight excluding hydrogens is 434 g/mol. The van der Waals surface area contributed by atoms with Crippen molar-refractivity contribution in [2.75, 3.05) is 27.2 Å². The van der Waals surface area contributed by atoms with Gasteiger partial charge in [-0.1, -0.05) is 25.3 Å². The van der Waals surface area contributed by atoms with Crippen LogP contribution in [-0.4, -0.2) is 56.7 Å². The summed E-state index contributed by atoms with van der Waals surface area (Å²) in [5.41, 5.74) is 14.7. The van der Waals surface area contributed by atoms with Gasteiger partial charge in [-0.15, -0.1) is 0 Å². The second-order valence-electron chi connectivity index (χ2n) is 10.1. The molecule has 4 aliphatic rings. The van der Waals surface area contributed by atoms with Crippen LogP contribution in [0.5, 0.6) is 11.5 Å². The van der Waals surface area contributed by atoms with E-state index in [4.69, 9.17) is 25.7 Å². The van der Waals surface area contributed by atoms with Gasteiger partial charge in [0.25, 0.3) is 6.47 Å². The van der Waals surface area contributed by atoms with Gasteiger partial charge in [-0.3, -0.25) is 14.5 Å². The molecule has 0 aromatic heterocycles. The van der Waals surface area contributed by atoms with Gasteiger partial charge >= 0.3 is 0 Å². The van der Waals surface area contributed by atoms with Crippen molar-refractivity contribution in [1.29, 1.82) is 0 Å². The number of carbonyl (C=O) groups is 2. The fourth-order valence-corrected chi connectivity index (χ4v) is 6.13. The van der Waals surface area contributed by atoms with E-state index in [0.29, 0.717) is 25.9 Å². The predicted octanol–water partition coefficient (Wildman–Crippen LogP) is 2.63. The molecule has 1 aromatic rings. The molecule has 1 aromatic carbocycles. The summed E-state index contributed by atoms with van der Waals surface area (Å²) in [5.74, 6) is 1.69. The molecule has 2 aliphatic heterocycles. The third kappa shape index (κ3) is 4.93. The van der Waals surface area contributed by atoms with E-state index in [0.717, 1.165) is 37.4 Å².